The van der Waals surface area contributed by atoms with E-state index < -0.39 is 47.0 Å². The quantitative estimate of drug-likeness (QED) is 0.307. The van der Waals surface area contributed by atoms with Gasteiger partial charge in [-0.25, -0.2) is 26.9 Å². The lowest BCUT2D eigenvalue weighted by molar-refractivity contribution is -0.119. The molecule has 0 fully saturated rings. The summed E-state index contributed by atoms with van der Waals surface area (Å²) in [4.78, 5) is 27.2. The highest BCUT2D eigenvalue weighted by molar-refractivity contribution is 7.14. The second kappa shape index (κ2) is 9.86. The van der Waals surface area contributed by atoms with Crippen molar-refractivity contribution in [2.75, 3.05) is 11.9 Å². The number of carbonyl (C=O) groups is 2. The molecule has 0 aliphatic rings. The Kier molecular flexibility index (Phi) is 7.18. The molecule has 3 rings (SSSR count). The SMILES string of the molecule is CC(=O)NCCc1ccc(-c2csc(NC(=O)Cc3c(F)c(F)c(F)c(F)c3F)n2)cc1. The minimum absolute atomic E-state index is 0.101. The van der Waals surface area contributed by atoms with E-state index in [2.05, 4.69) is 15.6 Å². The average molecular weight is 469 g/mol. The molecular weight excluding hydrogens is 453 g/mol. The van der Waals surface area contributed by atoms with Gasteiger partial charge < -0.3 is 10.6 Å². The van der Waals surface area contributed by atoms with Crippen molar-refractivity contribution in [1.82, 2.24) is 10.3 Å². The molecule has 0 aliphatic heterocycles. The van der Waals surface area contributed by atoms with Crippen LogP contribution >= 0.6 is 11.3 Å². The fraction of sp³-hybridized carbons (Fsp3) is 0.190. The predicted octanol–water partition coefficient (Wildman–Crippen LogP) is 4.37. The van der Waals surface area contributed by atoms with Gasteiger partial charge in [-0.1, -0.05) is 24.3 Å². The summed E-state index contributed by atoms with van der Waals surface area (Å²) in [5.74, 6) is -11.7. The molecule has 1 heterocycles. The van der Waals surface area contributed by atoms with Crippen LogP contribution in [0, 0.1) is 29.1 Å². The first-order valence-electron chi connectivity index (χ1n) is 9.26. The summed E-state index contributed by atoms with van der Waals surface area (Å²) in [6, 6.07) is 7.33. The highest BCUT2D eigenvalue weighted by Gasteiger charge is 2.27. The Bertz CT molecular complexity index is 1140. The van der Waals surface area contributed by atoms with E-state index in [9.17, 15) is 31.5 Å². The van der Waals surface area contributed by atoms with Gasteiger partial charge in [-0.2, -0.15) is 0 Å². The first kappa shape index (κ1) is 23.3. The van der Waals surface area contributed by atoms with Gasteiger partial charge in [0.25, 0.3) is 0 Å². The van der Waals surface area contributed by atoms with Crippen molar-refractivity contribution >= 4 is 28.3 Å². The number of hydrogen-bond donors (Lipinski definition) is 2. The molecule has 0 radical (unpaired) electrons. The van der Waals surface area contributed by atoms with Gasteiger partial charge in [0, 0.05) is 30.0 Å². The van der Waals surface area contributed by atoms with E-state index in [1.165, 1.54) is 6.92 Å². The standard InChI is InChI=1S/C21H16F5N3O2S/c1-10(30)27-7-6-11-2-4-12(5-3-11)14-9-32-21(28-14)29-15(31)8-13-16(22)18(24)20(26)19(25)17(13)23/h2-5,9H,6-8H2,1H3,(H,27,30)(H,28,29,31). The van der Waals surface area contributed by atoms with Crippen molar-refractivity contribution in [3.8, 4) is 11.3 Å². The van der Waals surface area contributed by atoms with Crippen molar-refractivity contribution in [3.05, 3.63) is 69.9 Å². The van der Waals surface area contributed by atoms with Crippen LogP contribution < -0.4 is 10.6 Å². The molecule has 5 nitrogen and oxygen atoms in total. The van der Waals surface area contributed by atoms with Crippen molar-refractivity contribution in [1.29, 1.82) is 0 Å². The third kappa shape index (κ3) is 5.28. The molecule has 2 amide bonds. The number of rotatable bonds is 7. The number of carbonyl (C=O) groups excluding carboxylic acids is 2. The fourth-order valence-electron chi connectivity index (χ4n) is 2.82. The van der Waals surface area contributed by atoms with E-state index in [1.807, 2.05) is 12.1 Å². The number of thiazole rings is 1. The van der Waals surface area contributed by atoms with Crippen LogP contribution in [0.5, 0.6) is 0 Å². The summed E-state index contributed by atoms with van der Waals surface area (Å²) in [5.41, 5.74) is 1.04. The van der Waals surface area contributed by atoms with Crippen LogP contribution in [0.25, 0.3) is 11.3 Å². The van der Waals surface area contributed by atoms with Crippen LogP contribution in [-0.2, 0) is 22.4 Å². The molecule has 3 aromatic rings. The number of anilines is 1. The third-order valence-electron chi connectivity index (χ3n) is 4.43. The zero-order valence-electron chi connectivity index (χ0n) is 16.6. The largest absolute Gasteiger partial charge is 0.356 e. The van der Waals surface area contributed by atoms with E-state index >= 15 is 0 Å². The number of hydrogen-bond acceptors (Lipinski definition) is 4. The second-order valence-electron chi connectivity index (χ2n) is 6.74. The van der Waals surface area contributed by atoms with Gasteiger partial charge in [0.2, 0.25) is 17.6 Å². The van der Waals surface area contributed by atoms with Crippen molar-refractivity contribution in [3.63, 3.8) is 0 Å². The number of aromatic nitrogens is 1. The Morgan fingerprint density at radius 3 is 2.12 bits per heavy atom. The van der Waals surface area contributed by atoms with Crippen molar-refractivity contribution < 1.29 is 31.5 Å². The zero-order valence-corrected chi connectivity index (χ0v) is 17.4. The summed E-state index contributed by atoms with van der Waals surface area (Å²) < 4.78 is 67.2. The molecule has 168 valence electrons. The average Bonchev–Trinajstić information content (AvgIpc) is 3.22. The molecule has 0 unspecified atom stereocenters. The third-order valence-corrected chi connectivity index (χ3v) is 5.18. The summed E-state index contributed by atoms with van der Waals surface area (Å²) in [6.45, 7) is 1.94. The van der Waals surface area contributed by atoms with Crippen molar-refractivity contribution in [2.45, 2.75) is 19.8 Å². The molecule has 0 atom stereocenters. The normalized spacial score (nSPS) is 10.8. The minimum atomic E-state index is -2.28. The first-order chi connectivity index (χ1) is 15.2. The van der Waals surface area contributed by atoms with Gasteiger partial charge in [0.15, 0.2) is 28.4 Å². The number of nitrogens with one attached hydrogen (secondary N) is 2. The van der Waals surface area contributed by atoms with Crippen LogP contribution in [0.1, 0.15) is 18.1 Å². The maximum atomic E-state index is 13.7. The number of halogens is 5. The fourth-order valence-corrected chi connectivity index (χ4v) is 3.55. The molecule has 2 N–H and O–H groups in total. The maximum Gasteiger partial charge on any atom is 0.230 e. The Hall–Kier alpha value is -3.34. The summed E-state index contributed by atoms with van der Waals surface area (Å²) in [5, 5.41) is 6.73. The Morgan fingerprint density at radius 2 is 1.53 bits per heavy atom. The van der Waals surface area contributed by atoms with Crippen LogP contribution in [0.3, 0.4) is 0 Å². The monoisotopic (exact) mass is 469 g/mol. The summed E-state index contributed by atoms with van der Waals surface area (Å²) in [6.07, 6.45) is -0.403. The highest BCUT2D eigenvalue weighted by Crippen LogP contribution is 2.27. The molecule has 0 saturated heterocycles. The second-order valence-corrected chi connectivity index (χ2v) is 7.60. The number of benzene rings is 2. The molecule has 0 aliphatic carbocycles. The Morgan fingerprint density at radius 1 is 0.938 bits per heavy atom. The molecule has 11 heteroatoms. The van der Waals surface area contributed by atoms with E-state index in [1.54, 1.807) is 17.5 Å². The number of amides is 2. The van der Waals surface area contributed by atoms with E-state index in [-0.39, 0.29) is 11.0 Å². The molecule has 2 aromatic carbocycles. The van der Waals surface area contributed by atoms with Crippen LogP contribution in [0.2, 0.25) is 0 Å². The van der Waals surface area contributed by atoms with Crippen molar-refractivity contribution in [2.24, 2.45) is 0 Å². The Balaban J connectivity index is 1.66. The lowest BCUT2D eigenvalue weighted by Crippen LogP contribution is -2.22. The molecule has 32 heavy (non-hydrogen) atoms. The Labute approximate surface area is 183 Å². The zero-order chi connectivity index (χ0) is 23.4. The lowest BCUT2D eigenvalue weighted by Gasteiger charge is -2.08. The van der Waals surface area contributed by atoms with Gasteiger partial charge in [0.1, 0.15) is 0 Å². The van der Waals surface area contributed by atoms with Gasteiger partial charge in [-0.05, 0) is 12.0 Å². The highest BCUT2D eigenvalue weighted by atomic mass is 32.1. The molecule has 0 bridgehead atoms. The molecule has 1 aromatic heterocycles. The van der Waals surface area contributed by atoms with E-state index in [4.69, 9.17) is 0 Å². The topological polar surface area (TPSA) is 71.1 Å². The smallest absolute Gasteiger partial charge is 0.230 e. The molecule has 0 spiro atoms. The molecular formula is C21H16F5N3O2S. The maximum absolute atomic E-state index is 13.7. The van der Waals surface area contributed by atoms with Crippen LogP contribution in [0.15, 0.2) is 29.6 Å². The summed E-state index contributed by atoms with van der Waals surface area (Å²) >= 11 is 1.04. The lowest BCUT2D eigenvalue weighted by atomic mass is 10.1. The van der Waals surface area contributed by atoms with Gasteiger partial charge in [-0.15, -0.1) is 11.3 Å². The summed E-state index contributed by atoms with van der Waals surface area (Å²) in [7, 11) is 0. The van der Waals surface area contributed by atoms with E-state index in [0.717, 1.165) is 22.5 Å². The first-order valence-corrected chi connectivity index (χ1v) is 10.1. The van der Waals surface area contributed by atoms with Crippen LogP contribution in [0.4, 0.5) is 27.1 Å². The number of nitrogens with zero attached hydrogens (tertiary/aromatic N) is 1. The van der Waals surface area contributed by atoms with Gasteiger partial charge in [-0.3, -0.25) is 9.59 Å². The van der Waals surface area contributed by atoms with Gasteiger partial charge in [0.05, 0.1) is 12.1 Å². The van der Waals surface area contributed by atoms with Crippen LogP contribution in [-0.4, -0.2) is 23.3 Å². The minimum Gasteiger partial charge on any atom is -0.356 e. The predicted molar refractivity (Wildman–Crippen MR) is 109 cm³/mol. The molecule has 0 saturated carbocycles. The van der Waals surface area contributed by atoms with E-state index in [0.29, 0.717) is 18.7 Å². The van der Waals surface area contributed by atoms with Gasteiger partial charge >= 0.3 is 0 Å².